The maximum atomic E-state index is 14.4. The van der Waals surface area contributed by atoms with E-state index in [1.165, 1.54) is 12.1 Å². The van der Waals surface area contributed by atoms with Crippen LogP contribution in [0.4, 0.5) is 14.5 Å². The van der Waals surface area contributed by atoms with E-state index < -0.39 is 11.6 Å². The van der Waals surface area contributed by atoms with Crippen LogP contribution in [0.5, 0.6) is 5.75 Å². The van der Waals surface area contributed by atoms with Crippen molar-refractivity contribution >= 4 is 5.69 Å². The van der Waals surface area contributed by atoms with Crippen molar-refractivity contribution in [2.75, 3.05) is 84.5 Å². The van der Waals surface area contributed by atoms with E-state index in [2.05, 4.69) is 21.7 Å². The predicted molar refractivity (Wildman–Crippen MR) is 95.5 cm³/mol. The summed E-state index contributed by atoms with van der Waals surface area (Å²) in [6.45, 7) is 8.20. The Kier molecular flexibility index (Phi) is 6.09. The number of likely N-dealkylation sites (N-methyl/N-ethyl adjacent to an activating group) is 2. The first kappa shape index (κ1) is 18.4. The summed E-state index contributed by atoms with van der Waals surface area (Å²) in [5.41, 5.74) is 0.0690. The zero-order chi connectivity index (χ0) is 17.8. The highest BCUT2D eigenvalue weighted by Crippen LogP contribution is 2.29. The molecule has 0 atom stereocenters. The Labute approximate surface area is 148 Å². The Hall–Kier alpha value is -1.44. The molecule has 0 bridgehead atoms. The zero-order valence-corrected chi connectivity index (χ0v) is 15.2. The van der Waals surface area contributed by atoms with Crippen molar-refractivity contribution in [2.45, 2.75) is 0 Å². The highest BCUT2D eigenvalue weighted by Gasteiger charge is 2.22. The van der Waals surface area contributed by atoms with E-state index in [4.69, 9.17) is 4.74 Å². The number of benzene rings is 1. The van der Waals surface area contributed by atoms with Gasteiger partial charge in [0.15, 0.2) is 11.6 Å². The second kappa shape index (κ2) is 8.29. The minimum atomic E-state index is -0.542. The van der Waals surface area contributed by atoms with Gasteiger partial charge in [-0.05, 0) is 14.1 Å². The number of hydrogen-bond donors (Lipinski definition) is 0. The van der Waals surface area contributed by atoms with E-state index in [1.54, 1.807) is 4.90 Å². The Morgan fingerprint density at radius 2 is 1.36 bits per heavy atom. The van der Waals surface area contributed by atoms with E-state index in [0.29, 0.717) is 19.7 Å². The lowest BCUT2D eigenvalue weighted by Crippen LogP contribution is -2.45. The number of piperazine rings is 2. The minimum Gasteiger partial charge on any atom is -0.492 e. The monoisotopic (exact) mass is 354 g/mol. The first-order valence-electron chi connectivity index (χ1n) is 8.99. The largest absolute Gasteiger partial charge is 0.492 e. The van der Waals surface area contributed by atoms with Gasteiger partial charge in [-0.1, -0.05) is 0 Å². The molecular weight excluding hydrogens is 326 g/mol. The fourth-order valence-corrected chi connectivity index (χ4v) is 3.32. The van der Waals surface area contributed by atoms with Crippen LogP contribution in [-0.4, -0.2) is 94.3 Å². The van der Waals surface area contributed by atoms with E-state index in [0.717, 1.165) is 45.8 Å². The summed E-state index contributed by atoms with van der Waals surface area (Å²) in [7, 11) is 4.13. The normalized spacial score (nSPS) is 20.9. The van der Waals surface area contributed by atoms with Gasteiger partial charge < -0.3 is 19.4 Å². The molecular formula is C18H28F2N4O. The van der Waals surface area contributed by atoms with E-state index in [9.17, 15) is 8.78 Å². The van der Waals surface area contributed by atoms with Crippen molar-refractivity contribution in [1.82, 2.24) is 14.7 Å². The summed E-state index contributed by atoms with van der Waals surface area (Å²) in [4.78, 5) is 8.53. The van der Waals surface area contributed by atoms with Gasteiger partial charge in [0.25, 0.3) is 0 Å². The average molecular weight is 354 g/mol. The van der Waals surface area contributed by atoms with Gasteiger partial charge >= 0.3 is 0 Å². The van der Waals surface area contributed by atoms with Crippen LogP contribution < -0.4 is 9.64 Å². The summed E-state index contributed by atoms with van der Waals surface area (Å²) >= 11 is 0. The molecule has 2 heterocycles. The molecule has 0 aliphatic carbocycles. The lowest BCUT2D eigenvalue weighted by molar-refractivity contribution is 0.133. The minimum absolute atomic E-state index is 0.0690. The first-order valence-corrected chi connectivity index (χ1v) is 8.99. The van der Waals surface area contributed by atoms with E-state index in [-0.39, 0.29) is 11.4 Å². The third-order valence-electron chi connectivity index (χ3n) is 5.08. The highest BCUT2D eigenvalue weighted by molar-refractivity contribution is 5.52. The highest BCUT2D eigenvalue weighted by atomic mass is 19.1. The van der Waals surface area contributed by atoms with Crippen LogP contribution in [0.3, 0.4) is 0 Å². The number of nitrogens with zero attached hydrogens (tertiary/aromatic N) is 4. The summed E-state index contributed by atoms with van der Waals surface area (Å²) in [5.74, 6) is -0.819. The van der Waals surface area contributed by atoms with E-state index >= 15 is 0 Å². The molecule has 2 aliphatic heterocycles. The average Bonchev–Trinajstić information content (AvgIpc) is 2.58. The van der Waals surface area contributed by atoms with Gasteiger partial charge in [-0.2, -0.15) is 0 Å². The molecule has 0 saturated carbocycles. The molecule has 2 aliphatic rings. The Morgan fingerprint density at radius 1 is 0.840 bits per heavy atom. The third kappa shape index (κ3) is 4.80. The molecule has 0 radical (unpaired) electrons. The molecule has 0 unspecified atom stereocenters. The standard InChI is InChI=1S/C18H28F2N4O/c1-21-3-7-23(8-4-21)11-12-25-15-13-16(19)18(17(20)14-15)24-9-5-22(2)6-10-24/h13-14H,3-12H2,1-2H3. The molecule has 0 N–H and O–H groups in total. The molecule has 0 amide bonds. The van der Waals surface area contributed by atoms with Crippen LogP contribution in [0.15, 0.2) is 12.1 Å². The summed E-state index contributed by atoms with van der Waals surface area (Å²) < 4.78 is 34.4. The molecule has 1 aromatic rings. The van der Waals surface area contributed by atoms with Crippen LogP contribution in [0.2, 0.25) is 0 Å². The molecule has 2 saturated heterocycles. The Balaban J connectivity index is 1.54. The number of hydrogen-bond acceptors (Lipinski definition) is 5. The van der Waals surface area contributed by atoms with Crippen molar-refractivity contribution in [1.29, 1.82) is 0 Å². The Bertz CT molecular complexity index is 547. The SMILES string of the molecule is CN1CCN(CCOc2cc(F)c(N3CCN(C)CC3)c(F)c2)CC1. The third-order valence-corrected chi connectivity index (χ3v) is 5.08. The smallest absolute Gasteiger partial charge is 0.153 e. The maximum Gasteiger partial charge on any atom is 0.153 e. The number of ether oxygens (including phenoxy) is 1. The van der Waals surface area contributed by atoms with Gasteiger partial charge in [0.05, 0.1) is 0 Å². The Morgan fingerprint density at radius 3 is 1.92 bits per heavy atom. The lowest BCUT2D eigenvalue weighted by atomic mass is 10.2. The van der Waals surface area contributed by atoms with Gasteiger partial charge in [0, 0.05) is 71.0 Å². The molecule has 0 spiro atoms. The fourth-order valence-electron chi connectivity index (χ4n) is 3.32. The van der Waals surface area contributed by atoms with E-state index in [1.807, 2.05) is 7.05 Å². The topological polar surface area (TPSA) is 22.2 Å². The predicted octanol–water partition coefficient (Wildman–Crippen LogP) is 1.34. The fraction of sp³-hybridized carbons (Fsp3) is 0.667. The van der Waals surface area contributed by atoms with Gasteiger partial charge in [-0.25, -0.2) is 8.78 Å². The van der Waals surface area contributed by atoms with Gasteiger partial charge in [0.1, 0.15) is 18.0 Å². The maximum absolute atomic E-state index is 14.4. The van der Waals surface area contributed by atoms with Gasteiger partial charge in [-0.15, -0.1) is 0 Å². The van der Waals surface area contributed by atoms with Crippen molar-refractivity contribution in [2.24, 2.45) is 0 Å². The molecule has 1 aromatic carbocycles. The molecule has 7 heteroatoms. The molecule has 140 valence electrons. The van der Waals surface area contributed by atoms with Crippen molar-refractivity contribution in [3.05, 3.63) is 23.8 Å². The first-order chi connectivity index (χ1) is 12.0. The van der Waals surface area contributed by atoms with Crippen LogP contribution in [-0.2, 0) is 0 Å². The molecule has 0 aromatic heterocycles. The number of halogens is 2. The quantitative estimate of drug-likeness (QED) is 0.794. The van der Waals surface area contributed by atoms with Crippen LogP contribution >= 0.6 is 0 Å². The number of rotatable bonds is 5. The molecule has 2 fully saturated rings. The molecule has 25 heavy (non-hydrogen) atoms. The van der Waals surface area contributed by atoms with Crippen molar-refractivity contribution in [3.8, 4) is 5.75 Å². The summed E-state index contributed by atoms with van der Waals surface area (Å²) in [5, 5.41) is 0. The second-order valence-electron chi connectivity index (χ2n) is 7.02. The molecule has 3 rings (SSSR count). The van der Waals surface area contributed by atoms with Crippen LogP contribution in [0.25, 0.3) is 0 Å². The molecule has 5 nitrogen and oxygen atoms in total. The summed E-state index contributed by atoms with van der Waals surface area (Å²) in [6.07, 6.45) is 0. The van der Waals surface area contributed by atoms with Gasteiger partial charge in [0.2, 0.25) is 0 Å². The van der Waals surface area contributed by atoms with Crippen molar-refractivity contribution in [3.63, 3.8) is 0 Å². The van der Waals surface area contributed by atoms with Crippen LogP contribution in [0.1, 0.15) is 0 Å². The van der Waals surface area contributed by atoms with Crippen LogP contribution in [0, 0.1) is 11.6 Å². The zero-order valence-electron chi connectivity index (χ0n) is 15.2. The second-order valence-corrected chi connectivity index (χ2v) is 7.02. The van der Waals surface area contributed by atoms with Crippen molar-refractivity contribution < 1.29 is 13.5 Å². The lowest BCUT2D eigenvalue weighted by Gasteiger charge is -2.34. The van der Waals surface area contributed by atoms with Gasteiger partial charge in [-0.3, -0.25) is 4.90 Å². The summed E-state index contributed by atoms with van der Waals surface area (Å²) in [6, 6.07) is 2.61. The number of anilines is 1.